The number of benzene rings is 1. The van der Waals surface area contributed by atoms with Crippen molar-refractivity contribution in [3.05, 3.63) is 40.4 Å². The van der Waals surface area contributed by atoms with E-state index in [1.165, 1.54) is 29.2 Å². The van der Waals surface area contributed by atoms with E-state index in [2.05, 4.69) is 15.6 Å². The topological polar surface area (TPSA) is 112 Å². The maximum absolute atomic E-state index is 13.8. The van der Waals surface area contributed by atoms with Crippen LogP contribution in [0.25, 0.3) is 0 Å². The largest absolute Gasteiger partial charge is 0.434 e. The van der Waals surface area contributed by atoms with Crippen LogP contribution >= 0.6 is 22.9 Å². The molecule has 0 bridgehead atoms. The fourth-order valence-electron chi connectivity index (χ4n) is 4.40. The molecule has 2 aromatic rings. The lowest BCUT2D eigenvalue weighted by Crippen LogP contribution is -2.54. The Morgan fingerprint density at radius 1 is 1.23 bits per heavy atom. The number of nitrogens with one attached hydrogen (secondary N) is 2. The van der Waals surface area contributed by atoms with Crippen LogP contribution in [0.3, 0.4) is 0 Å². The Labute approximate surface area is 233 Å². The van der Waals surface area contributed by atoms with Gasteiger partial charge in [-0.15, -0.1) is 11.3 Å². The van der Waals surface area contributed by atoms with E-state index in [0.717, 1.165) is 24.6 Å². The third-order valence-corrected chi connectivity index (χ3v) is 9.61. The highest BCUT2D eigenvalue weighted by atomic mass is 35.5. The minimum atomic E-state index is -4.78. The van der Waals surface area contributed by atoms with Gasteiger partial charge in [0, 0.05) is 36.1 Å². The van der Waals surface area contributed by atoms with Crippen LogP contribution in [-0.2, 0) is 21.0 Å². The van der Waals surface area contributed by atoms with Gasteiger partial charge in [0.05, 0.1) is 4.90 Å². The minimum absolute atomic E-state index is 0.00417. The van der Waals surface area contributed by atoms with Crippen molar-refractivity contribution in [1.29, 1.82) is 0 Å². The number of rotatable bonds is 9. The van der Waals surface area contributed by atoms with E-state index in [1.54, 1.807) is 6.92 Å². The molecule has 1 saturated heterocycles. The van der Waals surface area contributed by atoms with E-state index >= 15 is 0 Å². The molecule has 1 aromatic carbocycles. The number of carbonyl (C=O) groups is 2. The van der Waals surface area contributed by atoms with E-state index < -0.39 is 39.0 Å². The van der Waals surface area contributed by atoms with E-state index in [9.17, 15) is 31.2 Å². The molecular formula is C24H29ClF3N5O4S2. The summed E-state index contributed by atoms with van der Waals surface area (Å²) in [5.41, 5.74) is -1.24. The number of anilines is 1. The van der Waals surface area contributed by atoms with Gasteiger partial charge >= 0.3 is 12.2 Å². The van der Waals surface area contributed by atoms with Crippen molar-refractivity contribution in [2.45, 2.75) is 62.2 Å². The summed E-state index contributed by atoms with van der Waals surface area (Å²) in [5.74, 6) is -0.589. The predicted molar refractivity (Wildman–Crippen MR) is 141 cm³/mol. The minimum Gasteiger partial charge on any atom is -0.341 e. The summed E-state index contributed by atoms with van der Waals surface area (Å²) < 4.78 is 68.3. The third kappa shape index (κ3) is 7.14. The molecule has 0 spiro atoms. The van der Waals surface area contributed by atoms with Gasteiger partial charge in [0.25, 0.3) is 10.0 Å². The summed E-state index contributed by atoms with van der Waals surface area (Å²) in [6.07, 6.45) is -1.48. The smallest absolute Gasteiger partial charge is 0.341 e. The van der Waals surface area contributed by atoms with Crippen LogP contribution in [0.5, 0.6) is 0 Å². The van der Waals surface area contributed by atoms with E-state index in [0.29, 0.717) is 35.2 Å². The molecule has 2 aliphatic rings. The molecule has 0 radical (unpaired) electrons. The molecule has 1 aromatic heterocycles. The molecule has 2 heterocycles. The third-order valence-electron chi connectivity index (χ3n) is 6.59. The number of sulfonamides is 1. The van der Waals surface area contributed by atoms with Crippen LogP contribution in [0.15, 0.2) is 34.5 Å². The predicted octanol–water partition coefficient (Wildman–Crippen LogP) is 4.49. The zero-order chi connectivity index (χ0) is 28.4. The van der Waals surface area contributed by atoms with Gasteiger partial charge in [-0.1, -0.05) is 18.5 Å². The maximum Gasteiger partial charge on any atom is 0.434 e. The van der Waals surface area contributed by atoms with Crippen molar-refractivity contribution in [2.75, 3.05) is 23.9 Å². The second kappa shape index (κ2) is 11.9. The van der Waals surface area contributed by atoms with E-state index in [-0.39, 0.29) is 40.9 Å². The summed E-state index contributed by atoms with van der Waals surface area (Å²) in [7, 11) is -4.50. The fraction of sp³-hybridized carbons (Fsp3) is 0.542. The highest BCUT2D eigenvalue weighted by Gasteiger charge is 2.42. The normalized spacial score (nSPS) is 18.9. The molecule has 2 fully saturated rings. The molecule has 1 aliphatic heterocycles. The Morgan fingerprint density at radius 3 is 2.51 bits per heavy atom. The van der Waals surface area contributed by atoms with Crippen LogP contribution in [0.1, 0.15) is 44.7 Å². The zero-order valence-electron chi connectivity index (χ0n) is 21.1. The van der Waals surface area contributed by atoms with Crippen LogP contribution in [0, 0.1) is 5.92 Å². The first-order chi connectivity index (χ1) is 18.4. The average Bonchev–Trinajstić information content (AvgIpc) is 3.56. The van der Waals surface area contributed by atoms with Crippen LogP contribution in [0.2, 0.25) is 5.02 Å². The molecule has 2 N–H and O–H groups in total. The standard InChI is InChI=1S/C24H29ClF3N5O4S2/c1-2-19(21(34)32-11-3-4-15(13-32)12-29-22(35)30-17-7-8-17)33(23-31-20(14-38-23)24(26,27)28)39(36,37)18-9-5-16(25)6-10-18/h5-6,9-10,14-15,17,19H,2-4,7-8,11-13H2,1H3,(H2,29,30,35)/t15-,19+/m0/s1. The molecule has 3 amide bonds. The lowest BCUT2D eigenvalue weighted by molar-refractivity contribution is -0.140. The molecule has 15 heteroatoms. The number of piperidine rings is 1. The molecule has 0 unspecified atom stereocenters. The van der Waals surface area contributed by atoms with Crippen molar-refractivity contribution < 1.29 is 31.2 Å². The van der Waals surface area contributed by atoms with Crippen LogP contribution in [-0.4, -0.2) is 62.0 Å². The number of alkyl halides is 3. The summed E-state index contributed by atoms with van der Waals surface area (Å²) in [5, 5.41) is 6.21. The first-order valence-electron chi connectivity index (χ1n) is 12.6. The number of aromatic nitrogens is 1. The van der Waals surface area contributed by atoms with Gasteiger partial charge in [-0.25, -0.2) is 22.5 Å². The number of likely N-dealkylation sites (tertiary alicyclic amines) is 1. The number of thiazole rings is 1. The van der Waals surface area contributed by atoms with Crippen LogP contribution in [0.4, 0.5) is 23.1 Å². The molecular weight excluding hydrogens is 579 g/mol. The van der Waals surface area contributed by atoms with Gasteiger partial charge in [-0.05, 0) is 62.3 Å². The maximum atomic E-state index is 13.8. The zero-order valence-corrected chi connectivity index (χ0v) is 23.5. The Hall–Kier alpha value is -2.58. The lowest BCUT2D eigenvalue weighted by Gasteiger charge is -2.37. The first-order valence-corrected chi connectivity index (χ1v) is 15.3. The number of hydrogen-bond acceptors (Lipinski definition) is 6. The lowest BCUT2D eigenvalue weighted by atomic mass is 9.97. The summed E-state index contributed by atoms with van der Waals surface area (Å²) in [6.45, 7) is 2.57. The van der Waals surface area contributed by atoms with Crippen molar-refractivity contribution in [1.82, 2.24) is 20.5 Å². The van der Waals surface area contributed by atoms with E-state index in [1.807, 2.05) is 0 Å². The molecule has 214 valence electrons. The first kappa shape index (κ1) is 29.4. The molecule has 1 aliphatic carbocycles. The van der Waals surface area contributed by atoms with Crippen molar-refractivity contribution in [2.24, 2.45) is 5.92 Å². The number of amides is 3. The Morgan fingerprint density at radius 2 is 1.92 bits per heavy atom. The molecule has 1 saturated carbocycles. The fourth-order valence-corrected chi connectivity index (χ4v) is 7.27. The van der Waals surface area contributed by atoms with Crippen molar-refractivity contribution >= 4 is 50.0 Å². The Bertz CT molecular complexity index is 1290. The number of nitrogens with zero attached hydrogens (tertiary/aromatic N) is 3. The second-order valence-corrected chi connectivity index (χ2v) is 12.7. The van der Waals surface area contributed by atoms with Crippen molar-refractivity contribution in [3.63, 3.8) is 0 Å². The molecule has 2 atom stereocenters. The highest BCUT2D eigenvalue weighted by molar-refractivity contribution is 7.93. The SMILES string of the molecule is CC[C@H](C(=O)N1CCC[C@@H](CNC(=O)NC2CC2)C1)N(c1nc(C(F)(F)F)cs1)S(=O)(=O)c1ccc(Cl)cc1. The summed E-state index contributed by atoms with van der Waals surface area (Å²) >= 11 is 6.41. The van der Waals surface area contributed by atoms with Gasteiger partial charge in [-0.2, -0.15) is 13.2 Å². The van der Waals surface area contributed by atoms with Gasteiger partial charge in [0.2, 0.25) is 11.0 Å². The van der Waals surface area contributed by atoms with Crippen LogP contribution < -0.4 is 14.9 Å². The Kier molecular flexibility index (Phi) is 8.96. The van der Waals surface area contributed by atoms with Gasteiger partial charge < -0.3 is 15.5 Å². The summed E-state index contributed by atoms with van der Waals surface area (Å²) in [6, 6.07) is 3.77. The number of halogens is 4. The summed E-state index contributed by atoms with van der Waals surface area (Å²) in [4.78, 5) is 30.6. The number of carbonyl (C=O) groups excluding carboxylic acids is 2. The quantitative estimate of drug-likeness (QED) is 0.436. The molecule has 4 rings (SSSR count). The molecule has 39 heavy (non-hydrogen) atoms. The van der Waals surface area contributed by atoms with E-state index in [4.69, 9.17) is 11.6 Å². The highest BCUT2D eigenvalue weighted by Crippen LogP contribution is 2.37. The van der Waals surface area contributed by atoms with Gasteiger partial charge in [0.1, 0.15) is 6.04 Å². The van der Waals surface area contributed by atoms with Gasteiger partial charge in [-0.3, -0.25) is 4.79 Å². The van der Waals surface area contributed by atoms with Gasteiger partial charge in [0.15, 0.2) is 5.69 Å². The second-order valence-electron chi connectivity index (χ2n) is 9.61. The number of hydrogen-bond donors (Lipinski definition) is 2. The Balaban J connectivity index is 1.59. The number of urea groups is 1. The monoisotopic (exact) mass is 607 g/mol. The average molecular weight is 608 g/mol. The molecule has 9 nitrogen and oxygen atoms in total. The van der Waals surface area contributed by atoms with Crippen molar-refractivity contribution in [3.8, 4) is 0 Å².